The highest BCUT2D eigenvalue weighted by atomic mass is 16.5. The predicted octanol–water partition coefficient (Wildman–Crippen LogP) is 0.854. The van der Waals surface area contributed by atoms with Gasteiger partial charge in [0.2, 0.25) is 0 Å². The van der Waals surface area contributed by atoms with Gasteiger partial charge in [-0.25, -0.2) is 0 Å². The zero-order chi connectivity index (χ0) is 15.0. The number of aliphatic carboxylic acids is 1. The monoisotopic (exact) mass is 284 g/mol. The molecular formula is C14H24N2O4. The molecular weight excluding hydrogens is 260 g/mol. The number of nitrogens with zero attached hydrogens (tertiary/aromatic N) is 2. The molecule has 2 N–H and O–H groups in total. The van der Waals surface area contributed by atoms with Crippen LogP contribution in [0.25, 0.3) is 0 Å². The molecule has 20 heavy (non-hydrogen) atoms. The van der Waals surface area contributed by atoms with Crippen LogP contribution in [0.5, 0.6) is 0 Å². The van der Waals surface area contributed by atoms with Crippen LogP contribution in [0.2, 0.25) is 0 Å². The van der Waals surface area contributed by atoms with Gasteiger partial charge in [-0.2, -0.15) is 5.26 Å². The summed E-state index contributed by atoms with van der Waals surface area (Å²) in [5, 5.41) is 28.2. The highest BCUT2D eigenvalue weighted by Crippen LogP contribution is 2.32. The van der Waals surface area contributed by atoms with Crippen LogP contribution in [0.1, 0.15) is 32.1 Å². The lowest BCUT2D eigenvalue weighted by atomic mass is 9.78. The molecule has 114 valence electrons. The van der Waals surface area contributed by atoms with E-state index in [1.165, 1.54) is 0 Å². The third-order valence-electron chi connectivity index (χ3n) is 3.93. The minimum atomic E-state index is -0.838. The number of nitriles is 1. The Morgan fingerprint density at radius 3 is 2.60 bits per heavy atom. The van der Waals surface area contributed by atoms with Crippen LogP contribution in [0.3, 0.4) is 0 Å². The summed E-state index contributed by atoms with van der Waals surface area (Å²) < 4.78 is 5.04. The molecule has 0 aromatic carbocycles. The van der Waals surface area contributed by atoms with Gasteiger partial charge in [-0.05, 0) is 25.7 Å². The zero-order valence-corrected chi connectivity index (χ0v) is 12.0. The van der Waals surface area contributed by atoms with Gasteiger partial charge in [-0.1, -0.05) is 0 Å². The van der Waals surface area contributed by atoms with E-state index in [1.807, 2.05) is 4.90 Å². The van der Waals surface area contributed by atoms with E-state index in [0.717, 1.165) is 0 Å². The van der Waals surface area contributed by atoms with Crippen LogP contribution in [0.15, 0.2) is 0 Å². The van der Waals surface area contributed by atoms with Crippen LogP contribution in [0.4, 0.5) is 0 Å². The summed E-state index contributed by atoms with van der Waals surface area (Å²) in [5.41, 5.74) is -0.838. The summed E-state index contributed by atoms with van der Waals surface area (Å²) in [6.07, 6.45) is 2.45. The fourth-order valence-corrected chi connectivity index (χ4v) is 2.67. The van der Waals surface area contributed by atoms with Crippen molar-refractivity contribution in [3.05, 3.63) is 0 Å². The van der Waals surface area contributed by atoms with Gasteiger partial charge in [0.05, 0.1) is 24.2 Å². The summed E-state index contributed by atoms with van der Waals surface area (Å²) >= 11 is 0. The highest BCUT2D eigenvalue weighted by Gasteiger charge is 2.36. The van der Waals surface area contributed by atoms with E-state index >= 15 is 0 Å². The number of carboxylic acids is 1. The van der Waals surface area contributed by atoms with E-state index in [2.05, 4.69) is 6.07 Å². The van der Waals surface area contributed by atoms with Crippen molar-refractivity contribution in [2.75, 3.05) is 33.4 Å². The van der Waals surface area contributed by atoms with Crippen LogP contribution in [0, 0.1) is 17.2 Å². The Labute approximate surface area is 119 Å². The van der Waals surface area contributed by atoms with Crippen molar-refractivity contribution in [3.8, 4) is 6.07 Å². The summed E-state index contributed by atoms with van der Waals surface area (Å²) in [6.45, 7) is 2.30. The number of hydrogen-bond donors (Lipinski definition) is 2. The summed E-state index contributed by atoms with van der Waals surface area (Å²) in [7, 11) is 1.62. The first-order valence-electron chi connectivity index (χ1n) is 7.04. The standard InChI is InChI=1S/C14H24N2O4/c1-20-10-9-16(8-2-7-15)11-14(19)5-3-12(4-6-14)13(17)18/h12,19H,2-6,8-11H2,1H3,(H,17,18). The molecule has 0 unspecified atom stereocenters. The molecule has 0 heterocycles. The minimum Gasteiger partial charge on any atom is -0.481 e. The maximum atomic E-state index is 10.9. The number of carbonyl (C=O) groups is 1. The molecule has 0 spiro atoms. The van der Waals surface area contributed by atoms with Gasteiger partial charge in [-0.15, -0.1) is 0 Å². The number of rotatable bonds is 8. The lowest BCUT2D eigenvalue weighted by Crippen LogP contribution is -2.47. The van der Waals surface area contributed by atoms with E-state index in [9.17, 15) is 9.90 Å². The Morgan fingerprint density at radius 2 is 2.10 bits per heavy atom. The number of hydrogen-bond acceptors (Lipinski definition) is 5. The fourth-order valence-electron chi connectivity index (χ4n) is 2.67. The average molecular weight is 284 g/mol. The number of carboxylic acid groups (broad SMARTS) is 1. The average Bonchev–Trinajstić information content (AvgIpc) is 2.42. The van der Waals surface area contributed by atoms with Crippen LogP contribution >= 0.6 is 0 Å². The normalized spacial score (nSPS) is 26.4. The molecule has 1 saturated carbocycles. The first-order valence-corrected chi connectivity index (χ1v) is 7.04. The Morgan fingerprint density at radius 1 is 1.45 bits per heavy atom. The fraction of sp³-hybridized carbons (Fsp3) is 0.857. The quantitative estimate of drug-likeness (QED) is 0.686. The largest absolute Gasteiger partial charge is 0.481 e. The Bertz CT molecular complexity index is 346. The second-order valence-electron chi connectivity index (χ2n) is 5.51. The Hall–Kier alpha value is -1.16. The number of ether oxygens (including phenoxy) is 1. The van der Waals surface area contributed by atoms with Crippen LogP contribution < -0.4 is 0 Å². The van der Waals surface area contributed by atoms with Crippen LogP contribution in [-0.4, -0.2) is 60.0 Å². The van der Waals surface area contributed by atoms with Crippen molar-refractivity contribution in [2.24, 2.45) is 5.92 Å². The zero-order valence-electron chi connectivity index (χ0n) is 12.0. The first-order chi connectivity index (χ1) is 9.50. The molecule has 0 radical (unpaired) electrons. The molecule has 0 aliphatic heterocycles. The van der Waals surface area contributed by atoms with E-state index < -0.39 is 11.6 Å². The minimum absolute atomic E-state index is 0.332. The first kappa shape index (κ1) is 16.9. The molecule has 0 amide bonds. The topological polar surface area (TPSA) is 93.8 Å². The molecule has 0 saturated heterocycles. The van der Waals surface area contributed by atoms with E-state index in [-0.39, 0.29) is 5.92 Å². The van der Waals surface area contributed by atoms with Crippen LogP contribution in [-0.2, 0) is 9.53 Å². The SMILES string of the molecule is COCCN(CCC#N)CC1(O)CCC(C(=O)O)CC1. The van der Waals surface area contributed by atoms with Crippen molar-refractivity contribution in [2.45, 2.75) is 37.7 Å². The summed E-state index contributed by atoms with van der Waals surface area (Å²) in [6, 6.07) is 2.10. The molecule has 1 aliphatic carbocycles. The van der Waals surface area contributed by atoms with E-state index in [0.29, 0.717) is 58.3 Å². The third kappa shape index (κ3) is 5.45. The van der Waals surface area contributed by atoms with Crippen molar-refractivity contribution in [1.29, 1.82) is 5.26 Å². The van der Waals surface area contributed by atoms with Crippen molar-refractivity contribution >= 4 is 5.97 Å². The van der Waals surface area contributed by atoms with Crippen molar-refractivity contribution < 1.29 is 19.7 Å². The second kappa shape index (κ2) is 8.20. The van der Waals surface area contributed by atoms with Gasteiger partial charge < -0.3 is 14.9 Å². The van der Waals surface area contributed by atoms with Gasteiger partial charge in [0.15, 0.2) is 0 Å². The van der Waals surface area contributed by atoms with Gasteiger partial charge in [-0.3, -0.25) is 9.69 Å². The third-order valence-corrected chi connectivity index (χ3v) is 3.93. The molecule has 6 nitrogen and oxygen atoms in total. The van der Waals surface area contributed by atoms with E-state index in [1.54, 1.807) is 7.11 Å². The molecule has 0 aromatic rings. The molecule has 0 aromatic heterocycles. The number of aliphatic hydroxyl groups is 1. The Balaban J connectivity index is 2.49. The summed E-state index contributed by atoms with van der Waals surface area (Å²) in [5.74, 6) is -1.10. The van der Waals surface area contributed by atoms with Gasteiger partial charge in [0, 0.05) is 33.2 Å². The summed E-state index contributed by atoms with van der Waals surface area (Å²) in [4.78, 5) is 12.9. The molecule has 0 atom stereocenters. The lowest BCUT2D eigenvalue weighted by Gasteiger charge is -2.38. The smallest absolute Gasteiger partial charge is 0.306 e. The number of methoxy groups -OCH3 is 1. The lowest BCUT2D eigenvalue weighted by molar-refractivity contribution is -0.145. The Kier molecular flexibility index (Phi) is 6.93. The molecule has 1 aliphatic rings. The maximum Gasteiger partial charge on any atom is 0.306 e. The molecule has 1 fully saturated rings. The predicted molar refractivity (Wildman–Crippen MR) is 73.1 cm³/mol. The van der Waals surface area contributed by atoms with Crippen molar-refractivity contribution in [3.63, 3.8) is 0 Å². The van der Waals surface area contributed by atoms with E-state index in [4.69, 9.17) is 15.1 Å². The van der Waals surface area contributed by atoms with Gasteiger partial charge in [0.1, 0.15) is 0 Å². The van der Waals surface area contributed by atoms with Crippen molar-refractivity contribution in [1.82, 2.24) is 4.90 Å². The maximum absolute atomic E-state index is 10.9. The second-order valence-corrected chi connectivity index (χ2v) is 5.51. The molecule has 6 heteroatoms. The highest BCUT2D eigenvalue weighted by molar-refractivity contribution is 5.70. The molecule has 1 rings (SSSR count). The molecule has 0 bridgehead atoms. The van der Waals surface area contributed by atoms with Gasteiger partial charge in [0.25, 0.3) is 0 Å². The van der Waals surface area contributed by atoms with Gasteiger partial charge >= 0.3 is 5.97 Å².